The van der Waals surface area contributed by atoms with Crippen LogP contribution >= 0.6 is 0 Å². The van der Waals surface area contributed by atoms with E-state index in [4.69, 9.17) is 0 Å². The number of carboxylic acids is 1. The first-order chi connectivity index (χ1) is 13.6. The Bertz CT molecular complexity index is 326. The van der Waals surface area contributed by atoms with Crippen LogP contribution in [0.1, 0.15) is 149 Å². The van der Waals surface area contributed by atoms with Gasteiger partial charge in [0.25, 0.3) is 0 Å². The van der Waals surface area contributed by atoms with Gasteiger partial charge in [0.1, 0.15) is 0 Å². The van der Waals surface area contributed by atoms with Gasteiger partial charge in [0.05, 0.1) is 5.92 Å². The molecular weight excluding hydrogens is 344 g/mol. The predicted octanol–water partition coefficient (Wildman–Crippen LogP) is 9.17. The van der Waals surface area contributed by atoms with Gasteiger partial charge >= 0.3 is 5.97 Å². The van der Waals surface area contributed by atoms with E-state index >= 15 is 0 Å². The summed E-state index contributed by atoms with van der Waals surface area (Å²) in [5.41, 5.74) is 0. The molecule has 0 spiro atoms. The van der Waals surface area contributed by atoms with Crippen molar-refractivity contribution in [3.63, 3.8) is 0 Å². The van der Waals surface area contributed by atoms with Gasteiger partial charge < -0.3 is 5.11 Å². The maximum absolute atomic E-state index is 11.7. The lowest BCUT2D eigenvalue weighted by Gasteiger charge is -2.20. The van der Waals surface area contributed by atoms with Crippen molar-refractivity contribution in [2.24, 2.45) is 11.8 Å². The van der Waals surface area contributed by atoms with Crippen LogP contribution in [-0.2, 0) is 4.79 Å². The zero-order valence-electron chi connectivity index (χ0n) is 19.7. The number of aliphatic carboxylic acids is 1. The van der Waals surface area contributed by atoms with E-state index in [9.17, 15) is 9.90 Å². The van der Waals surface area contributed by atoms with E-state index in [-0.39, 0.29) is 5.92 Å². The van der Waals surface area contributed by atoms with Crippen molar-refractivity contribution in [3.8, 4) is 0 Å². The van der Waals surface area contributed by atoms with E-state index in [0.717, 1.165) is 19.3 Å². The van der Waals surface area contributed by atoms with Crippen molar-refractivity contribution in [3.05, 3.63) is 0 Å². The number of hydrogen-bond acceptors (Lipinski definition) is 1. The molecule has 0 aliphatic heterocycles. The van der Waals surface area contributed by atoms with Crippen LogP contribution in [-0.4, -0.2) is 11.1 Å². The molecule has 0 fully saturated rings. The number of unbranched alkanes of at least 4 members (excludes halogenated alkanes) is 16. The molecular formula is C26H52O2. The summed E-state index contributed by atoms with van der Waals surface area (Å²) in [4.78, 5) is 11.7. The Morgan fingerprint density at radius 1 is 0.571 bits per heavy atom. The third kappa shape index (κ3) is 17.6. The number of rotatable bonds is 22. The molecule has 1 N–H and O–H groups in total. The lowest BCUT2D eigenvalue weighted by Crippen LogP contribution is -2.21. The molecule has 0 radical (unpaired) electrons. The fraction of sp³-hybridized carbons (Fsp3) is 0.962. The Hall–Kier alpha value is -0.530. The second-order valence-corrected chi connectivity index (χ2v) is 9.16. The van der Waals surface area contributed by atoms with Gasteiger partial charge in [0.15, 0.2) is 0 Å². The van der Waals surface area contributed by atoms with Gasteiger partial charge in [-0.1, -0.05) is 136 Å². The van der Waals surface area contributed by atoms with Gasteiger partial charge in [-0.3, -0.25) is 4.79 Å². The normalized spacial score (nSPS) is 13.5. The van der Waals surface area contributed by atoms with Gasteiger partial charge in [0.2, 0.25) is 0 Å². The molecule has 0 aliphatic carbocycles. The Balaban J connectivity index is 3.64. The second-order valence-electron chi connectivity index (χ2n) is 9.16. The molecule has 0 aromatic carbocycles. The summed E-state index contributed by atoms with van der Waals surface area (Å²) in [5.74, 6) is -0.363. The largest absolute Gasteiger partial charge is 0.481 e. The maximum atomic E-state index is 11.7. The molecule has 28 heavy (non-hydrogen) atoms. The highest BCUT2D eigenvalue weighted by Gasteiger charge is 2.23. The number of carbonyl (C=O) groups is 1. The Morgan fingerprint density at radius 3 is 1.25 bits per heavy atom. The molecule has 0 amide bonds. The van der Waals surface area contributed by atoms with E-state index < -0.39 is 5.97 Å². The quantitative estimate of drug-likeness (QED) is 0.185. The van der Waals surface area contributed by atoms with E-state index in [1.54, 1.807) is 0 Å². The SMILES string of the molecule is CCCCCCCCCCCCCC(C(=O)O)C(C)CCCCCCCCC. The highest BCUT2D eigenvalue weighted by Crippen LogP contribution is 2.25. The summed E-state index contributed by atoms with van der Waals surface area (Å²) >= 11 is 0. The van der Waals surface area contributed by atoms with Crippen molar-refractivity contribution in [2.75, 3.05) is 0 Å². The van der Waals surface area contributed by atoms with Gasteiger partial charge in [-0.25, -0.2) is 0 Å². The molecule has 2 heteroatoms. The molecule has 0 heterocycles. The molecule has 2 atom stereocenters. The molecule has 0 aromatic heterocycles. The highest BCUT2D eigenvalue weighted by atomic mass is 16.4. The topological polar surface area (TPSA) is 37.3 Å². The average Bonchev–Trinajstić information content (AvgIpc) is 2.67. The summed E-state index contributed by atoms with van der Waals surface area (Å²) in [6.07, 6.45) is 25.7. The molecule has 0 saturated heterocycles. The van der Waals surface area contributed by atoms with Crippen LogP contribution in [0.25, 0.3) is 0 Å². The van der Waals surface area contributed by atoms with Crippen molar-refractivity contribution >= 4 is 5.97 Å². The number of carboxylic acid groups (broad SMARTS) is 1. The average molecular weight is 397 g/mol. The van der Waals surface area contributed by atoms with Crippen LogP contribution in [0.15, 0.2) is 0 Å². The zero-order valence-corrected chi connectivity index (χ0v) is 19.7. The van der Waals surface area contributed by atoms with Crippen molar-refractivity contribution in [1.82, 2.24) is 0 Å². The van der Waals surface area contributed by atoms with E-state index in [1.807, 2.05) is 0 Å². The highest BCUT2D eigenvalue weighted by molar-refractivity contribution is 5.70. The first kappa shape index (κ1) is 27.5. The minimum absolute atomic E-state index is 0.126. The Labute approximate surface area is 177 Å². The minimum atomic E-state index is -0.567. The van der Waals surface area contributed by atoms with Crippen molar-refractivity contribution in [2.45, 2.75) is 149 Å². The molecule has 0 rings (SSSR count). The zero-order chi connectivity index (χ0) is 20.9. The van der Waals surface area contributed by atoms with Crippen LogP contribution in [0, 0.1) is 11.8 Å². The van der Waals surface area contributed by atoms with Gasteiger partial charge in [-0.05, 0) is 18.8 Å². The van der Waals surface area contributed by atoms with Crippen LogP contribution in [0.2, 0.25) is 0 Å². The third-order valence-electron chi connectivity index (χ3n) is 6.39. The summed E-state index contributed by atoms with van der Waals surface area (Å²) in [7, 11) is 0. The van der Waals surface area contributed by atoms with Crippen LogP contribution in [0.4, 0.5) is 0 Å². The van der Waals surface area contributed by atoms with Gasteiger partial charge in [-0.2, -0.15) is 0 Å². The Kier molecular flexibility index (Phi) is 20.8. The summed E-state index contributed by atoms with van der Waals surface area (Å²) in [6, 6.07) is 0. The summed E-state index contributed by atoms with van der Waals surface area (Å²) in [6.45, 7) is 6.68. The van der Waals surface area contributed by atoms with Crippen molar-refractivity contribution < 1.29 is 9.90 Å². The van der Waals surface area contributed by atoms with Crippen molar-refractivity contribution in [1.29, 1.82) is 0 Å². The summed E-state index contributed by atoms with van der Waals surface area (Å²) in [5, 5.41) is 9.60. The lowest BCUT2D eigenvalue weighted by atomic mass is 9.85. The van der Waals surface area contributed by atoms with Crippen LogP contribution < -0.4 is 0 Å². The second kappa shape index (κ2) is 21.2. The molecule has 0 saturated carbocycles. The standard InChI is InChI=1S/C26H52O2/c1-4-6-8-10-12-13-14-15-17-19-21-23-25(26(27)28)24(3)22-20-18-16-11-9-7-5-2/h24-25H,4-23H2,1-3H3,(H,27,28). The van der Waals surface area contributed by atoms with Crippen LogP contribution in [0.3, 0.4) is 0 Å². The first-order valence-electron chi connectivity index (χ1n) is 12.9. The molecule has 0 bridgehead atoms. The first-order valence-corrected chi connectivity index (χ1v) is 12.9. The predicted molar refractivity (Wildman–Crippen MR) is 124 cm³/mol. The lowest BCUT2D eigenvalue weighted by molar-refractivity contribution is -0.143. The van der Waals surface area contributed by atoms with Gasteiger partial charge in [-0.15, -0.1) is 0 Å². The molecule has 0 aromatic rings. The molecule has 0 aliphatic rings. The fourth-order valence-corrected chi connectivity index (χ4v) is 4.30. The maximum Gasteiger partial charge on any atom is 0.306 e. The smallest absolute Gasteiger partial charge is 0.306 e. The molecule has 2 unspecified atom stereocenters. The fourth-order valence-electron chi connectivity index (χ4n) is 4.30. The van der Waals surface area contributed by atoms with Crippen LogP contribution in [0.5, 0.6) is 0 Å². The molecule has 168 valence electrons. The minimum Gasteiger partial charge on any atom is -0.481 e. The third-order valence-corrected chi connectivity index (χ3v) is 6.39. The summed E-state index contributed by atoms with van der Waals surface area (Å²) < 4.78 is 0. The molecule has 2 nitrogen and oxygen atoms in total. The number of hydrogen-bond donors (Lipinski definition) is 1. The van der Waals surface area contributed by atoms with E-state index in [0.29, 0.717) is 5.92 Å². The van der Waals surface area contributed by atoms with E-state index in [2.05, 4.69) is 20.8 Å². The van der Waals surface area contributed by atoms with E-state index in [1.165, 1.54) is 109 Å². The van der Waals surface area contributed by atoms with Gasteiger partial charge in [0, 0.05) is 0 Å². The Morgan fingerprint density at radius 2 is 0.893 bits per heavy atom. The monoisotopic (exact) mass is 396 g/mol.